The minimum atomic E-state index is -0.121. The van der Waals surface area contributed by atoms with Crippen LogP contribution < -0.4 is 20.3 Å². The van der Waals surface area contributed by atoms with Gasteiger partial charge in [0.2, 0.25) is 0 Å². The number of nitrogens with zero attached hydrogens (tertiary/aromatic N) is 1. The molecule has 2 N–H and O–H groups in total. The zero-order valence-corrected chi connectivity index (χ0v) is 14.0. The number of ether oxygens (including phenoxy) is 2. The zero-order chi connectivity index (χ0) is 16.5. The van der Waals surface area contributed by atoms with Gasteiger partial charge in [0.25, 0.3) is 0 Å². The molecular weight excluding hydrogens is 294 g/mol. The van der Waals surface area contributed by atoms with Crippen LogP contribution in [0.3, 0.4) is 0 Å². The van der Waals surface area contributed by atoms with E-state index in [2.05, 4.69) is 27.7 Å². The quantitative estimate of drug-likeness (QED) is 0.718. The normalized spacial score (nSPS) is 17.1. The predicted molar refractivity (Wildman–Crippen MR) is 91.2 cm³/mol. The molecule has 1 aliphatic rings. The van der Waals surface area contributed by atoms with Gasteiger partial charge in [0.05, 0.1) is 13.7 Å². The summed E-state index contributed by atoms with van der Waals surface area (Å²) >= 11 is 0. The van der Waals surface area contributed by atoms with Gasteiger partial charge in [-0.15, -0.1) is 0 Å². The van der Waals surface area contributed by atoms with E-state index in [4.69, 9.17) is 9.47 Å². The summed E-state index contributed by atoms with van der Waals surface area (Å²) in [6.07, 6.45) is 1.08. The van der Waals surface area contributed by atoms with E-state index in [1.54, 1.807) is 7.11 Å². The Balaban J connectivity index is 1.70. The molecule has 0 aliphatic carbocycles. The number of methoxy groups -OCH3 is 1. The number of hydrogen-bond donors (Lipinski definition) is 2. The topological polar surface area (TPSA) is 62.8 Å². The van der Waals surface area contributed by atoms with E-state index in [9.17, 15) is 4.79 Å². The summed E-state index contributed by atoms with van der Waals surface area (Å²) in [7, 11) is 1.68. The van der Waals surface area contributed by atoms with Crippen molar-refractivity contribution in [2.45, 2.75) is 13.3 Å². The van der Waals surface area contributed by atoms with Gasteiger partial charge in [-0.2, -0.15) is 0 Å². The van der Waals surface area contributed by atoms with Gasteiger partial charge in [0.1, 0.15) is 5.75 Å². The Hall–Kier alpha value is -1.95. The van der Waals surface area contributed by atoms with Crippen LogP contribution in [0.5, 0.6) is 5.75 Å². The molecule has 1 aromatic carbocycles. The van der Waals surface area contributed by atoms with E-state index in [-0.39, 0.29) is 6.03 Å². The summed E-state index contributed by atoms with van der Waals surface area (Å²) in [4.78, 5) is 14.0. The van der Waals surface area contributed by atoms with Crippen molar-refractivity contribution in [2.75, 3.05) is 51.4 Å². The van der Waals surface area contributed by atoms with E-state index in [1.165, 1.54) is 5.69 Å². The summed E-state index contributed by atoms with van der Waals surface area (Å²) in [5, 5.41) is 5.73. The van der Waals surface area contributed by atoms with E-state index in [0.29, 0.717) is 32.2 Å². The number of carbonyl (C=O) groups is 1. The number of anilines is 1. The number of amides is 2. The second kappa shape index (κ2) is 9.25. The first kappa shape index (κ1) is 17.4. The van der Waals surface area contributed by atoms with Crippen molar-refractivity contribution in [1.29, 1.82) is 0 Å². The molecule has 0 unspecified atom stereocenters. The van der Waals surface area contributed by atoms with Crippen LogP contribution in [-0.4, -0.2) is 52.5 Å². The number of urea groups is 1. The molecular formula is C17H27N3O3. The lowest BCUT2D eigenvalue weighted by atomic mass is 10.1. The van der Waals surface area contributed by atoms with Crippen LogP contribution in [0.25, 0.3) is 0 Å². The van der Waals surface area contributed by atoms with Gasteiger partial charge in [0, 0.05) is 44.5 Å². The fourth-order valence-corrected chi connectivity index (χ4v) is 2.72. The third-order valence-corrected chi connectivity index (χ3v) is 3.99. The largest absolute Gasteiger partial charge is 0.497 e. The molecule has 23 heavy (non-hydrogen) atoms. The maximum Gasteiger partial charge on any atom is 0.314 e. The number of benzene rings is 1. The average Bonchev–Trinajstić information content (AvgIpc) is 3.06. The first-order valence-corrected chi connectivity index (χ1v) is 8.21. The van der Waals surface area contributed by atoms with E-state index >= 15 is 0 Å². The van der Waals surface area contributed by atoms with Crippen molar-refractivity contribution >= 4 is 11.7 Å². The number of hydrogen-bond acceptors (Lipinski definition) is 4. The molecule has 128 valence electrons. The van der Waals surface area contributed by atoms with Crippen molar-refractivity contribution in [3.63, 3.8) is 0 Å². The third-order valence-electron chi connectivity index (χ3n) is 3.99. The second-order valence-electron chi connectivity index (χ2n) is 5.64. The molecule has 0 aromatic heterocycles. The zero-order valence-electron chi connectivity index (χ0n) is 14.0. The Morgan fingerprint density at radius 1 is 1.39 bits per heavy atom. The smallest absolute Gasteiger partial charge is 0.314 e. The Morgan fingerprint density at radius 3 is 3.04 bits per heavy atom. The van der Waals surface area contributed by atoms with Crippen LogP contribution in [-0.2, 0) is 4.74 Å². The lowest BCUT2D eigenvalue weighted by Crippen LogP contribution is -2.40. The van der Waals surface area contributed by atoms with E-state index < -0.39 is 0 Å². The Labute approximate surface area is 138 Å². The molecule has 2 rings (SSSR count). The molecule has 1 aromatic rings. The Morgan fingerprint density at radius 2 is 2.26 bits per heavy atom. The number of carbonyl (C=O) groups excluding carboxylic acids is 1. The van der Waals surface area contributed by atoms with Crippen molar-refractivity contribution in [3.05, 3.63) is 24.3 Å². The molecule has 1 saturated heterocycles. The van der Waals surface area contributed by atoms with Crippen LogP contribution in [0.4, 0.5) is 10.5 Å². The highest BCUT2D eigenvalue weighted by Gasteiger charge is 2.23. The monoisotopic (exact) mass is 321 g/mol. The summed E-state index contributed by atoms with van der Waals surface area (Å²) in [6, 6.07) is 7.98. The van der Waals surface area contributed by atoms with Gasteiger partial charge in [-0.25, -0.2) is 4.79 Å². The molecule has 1 fully saturated rings. The van der Waals surface area contributed by atoms with Crippen molar-refractivity contribution in [3.8, 4) is 5.75 Å². The number of nitrogens with one attached hydrogen (secondary N) is 2. The van der Waals surface area contributed by atoms with Gasteiger partial charge in [-0.1, -0.05) is 6.07 Å². The van der Waals surface area contributed by atoms with Crippen LogP contribution >= 0.6 is 0 Å². The van der Waals surface area contributed by atoms with E-state index in [1.807, 2.05) is 19.1 Å². The molecule has 1 aliphatic heterocycles. The van der Waals surface area contributed by atoms with Crippen LogP contribution in [0, 0.1) is 5.92 Å². The summed E-state index contributed by atoms with van der Waals surface area (Å²) in [5.74, 6) is 1.34. The first-order valence-electron chi connectivity index (χ1n) is 8.21. The summed E-state index contributed by atoms with van der Waals surface area (Å²) in [5.41, 5.74) is 1.17. The van der Waals surface area contributed by atoms with Crippen LogP contribution in [0.2, 0.25) is 0 Å². The van der Waals surface area contributed by atoms with Gasteiger partial charge < -0.3 is 25.0 Å². The fourth-order valence-electron chi connectivity index (χ4n) is 2.72. The Kier molecular flexibility index (Phi) is 7.00. The van der Waals surface area contributed by atoms with Crippen LogP contribution in [0.1, 0.15) is 13.3 Å². The van der Waals surface area contributed by atoms with Gasteiger partial charge in [0.15, 0.2) is 0 Å². The average molecular weight is 321 g/mol. The minimum absolute atomic E-state index is 0.121. The highest BCUT2D eigenvalue weighted by molar-refractivity contribution is 5.73. The molecule has 1 atom stereocenters. The van der Waals surface area contributed by atoms with Gasteiger partial charge in [-0.05, 0) is 31.4 Å². The number of rotatable bonds is 8. The van der Waals surface area contributed by atoms with Crippen LogP contribution in [0.15, 0.2) is 24.3 Å². The van der Waals surface area contributed by atoms with E-state index in [0.717, 1.165) is 25.3 Å². The van der Waals surface area contributed by atoms with Crippen molar-refractivity contribution in [1.82, 2.24) is 10.6 Å². The maximum atomic E-state index is 11.7. The molecule has 6 nitrogen and oxygen atoms in total. The van der Waals surface area contributed by atoms with Gasteiger partial charge >= 0.3 is 6.03 Å². The SMILES string of the molecule is CCOCCNC(=O)NC[C@H]1CCN(c2cccc(OC)c2)C1. The molecule has 2 amide bonds. The standard InChI is InChI=1S/C17H27N3O3/c1-3-23-10-8-18-17(21)19-12-14-7-9-20(13-14)15-5-4-6-16(11-15)22-2/h4-6,11,14H,3,7-10,12-13H2,1-2H3,(H2,18,19,21)/t14-/m1/s1. The fraction of sp³-hybridized carbons (Fsp3) is 0.588. The maximum absolute atomic E-state index is 11.7. The molecule has 6 heteroatoms. The molecule has 0 radical (unpaired) electrons. The molecule has 1 heterocycles. The highest BCUT2D eigenvalue weighted by Crippen LogP contribution is 2.26. The second-order valence-corrected chi connectivity index (χ2v) is 5.64. The molecule has 0 spiro atoms. The third kappa shape index (κ3) is 5.63. The predicted octanol–water partition coefficient (Wildman–Crippen LogP) is 1.86. The highest BCUT2D eigenvalue weighted by atomic mass is 16.5. The Bertz CT molecular complexity index is 496. The van der Waals surface area contributed by atoms with Gasteiger partial charge in [-0.3, -0.25) is 0 Å². The van der Waals surface area contributed by atoms with Crippen molar-refractivity contribution in [2.24, 2.45) is 5.92 Å². The summed E-state index contributed by atoms with van der Waals surface area (Å²) in [6.45, 7) is 6.36. The molecule has 0 saturated carbocycles. The van der Waals surface area contributed by atoms with Crippen molar-refractivity contribution < 1.29 is 14.3 Å². The summed E-state index contributed by atoms with van der Waals surface area (Å²) < 4.78 is 10.5. The molecule has 0 bridgehead atoms. The minimum Gasteiger partial charge on any atom is -0.497 e. The lowest BCUT2D eigenvalue weighted by molar-refractivity contribution is 0.149. The first-order chi connectivity index (χ1) is 11.2. The lowest BCUT2D eigenvalue weighted by Gasteiger charge is -2.19.